The van der Waals surface area contributed by atoms with Crippen molar-refractivity contribution < 1.29 is 9.59 Å². The van der Waals surface area contributed by atoms with E-state index in [9.17, 15) is 9.59 Å². The van der Waals surface area contributed by atoms with Crippen LogP contribution in [-0.2, 0) is 0 Å². The number of hydrogen-bond acceptors (Lipinski definition) is 4. The van der Waals surface area contributed by atoms with Gasteiger partial charge in [-0.2, -0.15) is 0 Å². The third-order valence-electron chi connectivity index (χ3n) is 4.65. The lowest BCUT2D eigenvalue weighted by Crippen LogP contribution is -2.24. The Bertz CT molecular complexity index is 1160. The highest BCUT2D eigenvalue weighted by molar-refractivity contribution is 6.07. The average Bonchev–Trinajstić information content (AvgIpc) is 3.26. The zero-order valence-electron chi connectivity index (χ0n) is 17.2. The van der Waals surface area contributed by atoms with Gasteiger partial charge in [0.25, 0.3) is 11.8 Å². The summed E-state index contributed by atoms with van der Waals surface area (Å²) in [6, 6.07) is 25.9. The van der Waals surface area contributed by atoms with Crippen LogP contribution in [0.25, 0.3) is 17.1 Å². The largest absolute Gasteiger partial charge is 0.345 e. The predicted octanol–water partition coefficient (Wildman–Crippen LogP) is 3.89. The number of aromatic nitrogens is 3. The highest BCUT2D eigenvalue weighted by Crippen LogP contribution is 2.22. The smallest absolute Gasteiger partial charge is 0.295 e. The Morgan fingerprint density at radius 2 is 1.45 bits per heavy atom. The zero-order valence-corrected chi connectivity index (χ0v) is 17.2. The number of amides is 2. The monoisotopic (exact) mass is 411 g/mol. The van der Waals surface area contributed by atoms with Gasteiger partial charge in [0.1, 0.15) is 0 Å². The molecule has 3 aromatic carbocycles. The second-order valence-electron chi connectivity index (χ2n) is 7.07. The number of nitrogens with one attached hydrogen (secondary N) is 1. The lowest BCUT2D eigenvalue weighted by atomic mass is 10.1. The van der Waals surface area contributed by atoms with Crippen molar-refractivity contribution >= 4 is 17.5 Å². The second kappa shape index (κ2) is 8.62. The Kier molecular flexibility index (Phi) is 5.57. The van der Waals surface area contributed by atoms with Crippen molar-refractivity contribution in [2.24, 2.45) is 0 Å². The SMILES string of the molecule is CN(C)C(=O)c1ccccc1NC(=O)c1nc(-c2ccccc2)n(-c2ccccc2)n1. The van der Waals surface area contributed by atoms with E-state index in [1.165, 1.54) is 4.90 Å². The highest BCUT2D eigenvalue weighted by Gasteiger charge is 2.21. The predicted molar refractivity (Wildman–Crippen MR) is 119 cm³/mol. The van der Waals surface area contributed by atoms with Crippen molar-refractivity contribution in [2.75, 3.05) is 19.4 Å². The maximum atomic E-state index is 13.0. The van der Waals surface area contributed by atoms with Crippen LogP contribution in [0.2, 0.25) is 0 Å². The highest BCUT2D eigenvalue weighted by atomic mass is 16.2. The first kappa shape index (κ1) is 20.0. The Morgan fingerprint density at radius 1 is 0.839 bits per heavy atom. The minimum Gasteiger partial charge on any atom is -0.345 e. The fourth-order valence-electron chi connectivity index (χ4n) is 3.13. The van der Waals surface area contributed by atoms with Crippen LogP contribution >= 0.6 is 0 Å². The molecule has 1 aromatic heterocycles. The first-order valence-corrected chi connectivity index (χ1v) is 9.74. The molecule has 154 valence electrons. The van der Waals surface area contributed by atoms with Gasteiger partial charge in [0.2, 0.25) is 5.82 Å². The average molecular weight is 411 g/mol. The van der Waals surface area contributed by atoms with Crippen molar-refractivity contribution in [2.45, 2.75) is 0 Å². The summed E-state index contributed by atoms with van der Waals surface area (Å²) in [7, 11) is 3.33. The molecule has 7 heteroatoms. The maximum absolute atomic E-state index is 13.0. The van der Waals surface area contributed by atoms with Crippen LogP contribution in [0.3, 0.4) is 0 Å². The van der Waals surface area contributed by atoms with E-state index in [0.29, 0.717) is 17.1 Å². The molecule has 2 amide bonds. The molecule has 0 fully saturated rings. The van der Waals surface area contributed by atoms with Crippen molar-refractivity contribution in [3.8, 4) is 17.1 Å². The fraction of sp³-hybridized carbons (Fsp3) is 0.0833. The molecule has 0 bridgehead atoms. The molecule has 0 saturated carbocycles. The lowest BCUT2D eigenvalue weighted by Gasteiger charge is -2.14. The van der Waals surface area contributed by atoms with Crippen LogP contribution < -0.4 is 5.32 Å². The first-order chi connectivity index (χ1) is 15.0. The van der Waals surface area contributed by atoms with Crippen molar-refractivity contribution in [3.63, 3.8) is 0 Å². The van der Waals surface area contributed by atoms with Gasteiger partial charge in [-0.05, 0) is 24.3 Å². The van der Waals surface area contributed by atoms with Gasteiger partial charge in [-0.3, -0.25) is 9.59 Å². The molecule has 0 unspecified atom stereocenters. The summed E-state index contributed by atoms with van der Waals surface area (Å²) in [4.78, 5) is 31.4. The number of anilines is 1. The molecule has 0 radical (unpaired) electrons. The Labute approximate surface area is 180 Å². The van der Waals surface area contributed by atoms with Gasteiger partial charge in [-0.15, -0.1) is 5.10 Å². The van der Waals surface area contributed by atoms with Crippen LogP contribution in [0.5, 0.6) is 0 Å². The molecule has 0 aliphatic carbocycles. The van der Waals surface area contributed by atoms with E-state index in [0.717, 1.165) is 11.3 Å². The molecule has 4 rings (SSSR count). The van der Waals surface area contributed by atoms with E-state index in [-0.39, 0.29) is 11.7 Å². The maximum Gasteiger partial charge on any atom is 0.295 e. The Morgan fingerprint density at radius 3 is 2.13 bits per heavy atom. The van der Waals surface area contributed by atoms with Crippen molar-refractivity contribution in [1.29, 1.82) is 0 Å². The number of carbonyl (C=O) groups excluding carboxylic acids is 2. The van der Waals surface area contributed by atoms with Gasteiger partial charge in [0.15, 0.2) is 5.82 Å². The molecule has 4 aromatic rings. The van der Waals surface area contributed by atoms with E-state index in [1.54, 1.807) is 43.0 Å². The summed E-state index contributed by atoms with van der Waals surface area (Å²) in [5.74, 6) is -0.140. The Balaban J connectivity index is 1.72. The standard InChI is InChI=1S/C24H21N5O2/c1-28(2)24(31)19-15-9-10-16-20(19)25-23(30)21-26-22(17-11-5-3-6-12-17)29(27-21)18-13-7-4-8-14-18/h3-16H,1-2H3,(H,25,30). The van der Waals surface area contributed by atoms with Gasteiger partial charge in [-0.1, -0.05) is 60.7 Å². The molecule has 1 N–H and O–H groups in total. The van der Waals surface area contributed by atoms with Gasteiger partial charge in [0.05, 0.1) is 16.9 Å². The number of carbonyl (C=O) groups is 2. The molecule has 0 aliphatic heterocycles. The second-order valence-corrected chi connectivity index (χ2v) is 7.07. The van der Waals surface area contributed by atoms with Crippen molar-refractivity contribution in [1.82, 2.24) is 19.7 Å². The number of rotatable bonds is 5. The third kappa shape index (κ3) is 4.20. The summed E-state index contributed by atoms with van der Waals surface area (Å²) in [5.41, 5.74) is 2.42. The van der Waals surface area contributed by atoms with Crippen LogP contribution in [0.15, 0.2) is 84.9 Å². The van der Waals surface area contributed by atoms with Crippen molar-refractivity contribution in [3.05, 3.63) is 96.3 Å². The zero-order chi connectivity index (χ0) is 21.8. The fourth-order valence-corrected chi connectivity index (χ4v) is 3.13. The molecule has 31 heavy (non-hydrogen) atoms. The lowest BCUT2D eigenvalue weighted by molar-refractivity contribution is 0.0828. The summed E-state index contributed by atoms with van der Waals surface area (Å²) in [6.07, 6.45) is 0. The van der Waals surface area contributed by atoms with Gasteiger partial charge in [0, 0.05) is 19.7 Å². The minimum atomic E-state index is -0.495. The van der Waals surface area contributed by atoms with E-state index < -0.39 is 5.91 Å². The molecule has 7 nitrogen and oxygen atoms in total. The van der Waals surface area contributed by atoms with E-state index >= 15 is 0 Å². The van der Waals surface area contributed by atoms with Gasteiger partial charge in [-0.25, -0.2) is 9.67 Å². The topological polar surface area (TPSA) is 80.1 Å². The Hall–Kier alpha value is -4.26. The molecule has 0 atom stereocenters. The molecular formula is C24H21N5O2. The summed E-state index contributed by atoms with van der Waals surface area (Å²) >= 11 is 0. The number of nitrogens with zero attached hydrogens (tertiary/aromatic N) is 4. The molecular weight excluding hydrogens is 390 g/mol. The molecule has 0 saturated heterocycles. The normalized spacial score (nSPS) is 10.5. The minimum absolute atomic E-state index is 0.00908. The van der Waals surface area contributed by atoms with Crippen LogP contribution in [0, 0.1) is 0 Å². The van der Waals surface area contributed by atoms with Gasteiger partial charge >= 0.3 is 0 Å². The van der Waals surface area contributed by atoms with Crippen LogP contribution in [-0.4, -0.2) is 45.6 Å². The van der Waals surface area contributed by atoms with Crippen LogP contribution in [0.1, 0.15) is 21.0 Å². The number of para-hydroxylation sites is 2. The van der Waals surface area contributed by atoms with E-state index in [4.69, 9.17) is 0 Å². The summed E-state index contributed by atoms with van der Waals surface area (Å²) in [5, 5.41) is 7.24. The third-order valence-corrected chi connectivity index (χ3v) is 4.65. The number of hydrogen-bond donors (Lipinski definition) is 1. The first-order valence-electron chi connectivity index (χ1n) is 9.74. The van der Waals surface area contributed by atoms with E-state index in [2.05, 4.69) is 15.4 Å². The van der Waals surface area contributed by atoms with Crippen LogP contribution in [0.4, 0.5) is 5.69 Å². The molecule has 1 heterocycles. The van der Waals surface area contributed by atoms with Gasteiger partial charge < -0.3 is 10.2 Å². The summed E-state index contributed by atoms with van der Waals surface area (Å²) < 4.78 is 1.64. The van der Waals surface area contributed by atoms with E-state index in [1.807, 2.05) is 60.7 Å². The number of benzene rings is 3. The molecule has 0 spiro atoms. The quantitative estimate of drug-likeness (QED) is 0.540. The summed E-state index contributed by atoms with van der Waals surface area (Å²) in [6.45, 7) is 0. The molecule has 0 aliphatic rings.